The van der Waals surface area contributed by atoms with Crippen molar-refractivity contribution in [3.05, 3.63) is 38.6 Å². The first kappa shape index (κ1) is 16.1. The molecule has 0 bridgehead atoms. The first-order valence-electron chi connectivity index (χ1n) is 6.65. The van der Waals surface area contributed by atoms with Crippen molar-refractivity contribution < 1.29 is 14.7 Å². The van der Waals surface area contributed by atoms with E-state index >= 15 is 0 Å². The van der Waals surface area contributed by atoms with E-state index in [0.717, 1.165) is 0 Å². The van der Waals surface area contributed by atoms with Crippen LogP contribution in [0.15, 0.2) is 12.1 Å². The highest BCUT2D eigenvalue weighted by molar-refractivity contribution is 6.42. The number of benzene rings is 1. The lowest BCUT2D eigenvalue weighted by Crippen LogP contribution is -2.23. The van der Waals surface area contributed by atoms with Gasteiger partial charge in [-0.25, -0.2) is 14.7 Å². The Morgan fingerprint density at radius 2 is 1.91 bits per heavy atom. The summed E-state index contributed by atoms with van der Waals surface area (Å²) in [7, 11) is 0. The van der Waals surface area contributed by atoms with Crippen molar-refractivity contribution in [1.29, 1.82) is 0 Å². The van der Waals surface area contributed by atoms with Gasteiger partial charge < -0.3 is 5.11 Å². The van der Waals surface area contributed by atoms with Crippen LogP contribution in [0, 0.1) is 0 Å². The van der Waals surface area contributed by atoms with Crippen LogP contribution >= 0.6 is 34.8 Å². The van der Waals surface area contributed by atoms with E-state index in [4.69, 9.17) is 34.8 Å². The molecular formula is C14H10Cl3N3O3. The van der Waals surface area contributed by atoms with Crippen LogP contribution in [0.5, 0.6) is 0 Å². The topological polar surface area (TPSA) is 75.4 Å². The van der Waals surface area contributed by atoms with Gasteiger partial charge in [-0.1, -0.05) is 41.7 Å². The normalized spacial score (nSPS) is 13.6. The smallest absolute Gasteiger partial charge is 0.354 e. The number of fused-ring (bicyclic) bond motifs is 1. The van der Waals surface area contributed by atoms with E-state index in [9.17, 15) is 14.7 Å². The van der Waals surface area contributed by atoms with Gasteiger partial charge in [-0.05, 0) is 18.6 Å². The molecule has 0 saturated heterocycles. The molecule has 1 aliphatic rings. The fourth-order valence-electron chi connectivity index (χ4n) is 2.59. The second kappa shape index (κ2) is 5.70. The van der Waals surface area contributed by atoms with Gasteiger partial charge in [0.05, 0.1) is 21.4 Å². The summed E-state index contributed by atoms with van der Waals surface area (Å²) in [5.41, 5.74) is 0.636. The molecule has 120 valence electrons. The van der Waals surface area contributed by atoms with Crippen molar-refractivity contribution in [3.63, 3.8) is 0 Å². The van der Waals surface area contributed by atoms with Gasteiger partial charge in [-0.2, -0.15) is 0 Å². The third kappa shape index (κ3) is 2.47. The number of carbonyl (C=O) groups excluding carboxylic acids is 1. The van der Waals surface area contributed by atoms with Gasteiger partial charge in [-0.15, -0.1) is 0 Å². The molecule has 0 fully saturated rings. The maximum Gasteiger partial charge on any atom is 0.354 e. The van der Waals surface area contributed by atoms with E-state index in [0.29, 0.717) is 17.1 Å². The minimum Gasteiger partial charge on any atom is -0.477 e. The molecule has 3 rings (SSSR count). The van der Waals surface area contributed by atoms with Crippen LogP contribution in [-0.2, 0) is 17.8 Å². The summed E-state index contributed by atoms with van der Waals surface area (Å²) in [6, 6.07) is 2.92. The SMILES string of the molecule is CCc1nc2n(c1C(=O)O)CC(=O)N2c1c(Cl)cc(Cl)cc1Cl. The third-order valence-electron chi connectivity index (χ3n) is 3.51. The number of amides is 1. The van der Waals surface area contributed by atoms with Crippen LogP contribution in [0.1, 0.15) is 23.1 Å². The first-order chi connectivity index (χ1) is 10.8. The Kier molecular flexibility index (Phi) is 4.00. The van der Waals surface area contributed by atoms with E-state index in [-0.39, 0.29) is 39.8 Å². The fraction of sp³-hybridized carbons (Fsp3) is 0.214. The van der Waals surface area contributed by atoms with Gasteiger partial charge in [0.25, 0.3) is 5.91 Å². The summed E-state index contributed by atoms with van der Waals surface area (Å²) in [6.07, 6.45) is 0.422. The molecular weight excluding hydrogens is 365 g/mol. The van der Waals surface area contributed by atoms with Crippen molar-refractivity contribution in [2.75, 3.05) is 4.90 Å². The van der Waals surface area contributed by atoms with E-state index in [1.54, 1.807) is 6.92 Å². The summed E-state index contributed by atoms with van der Waals surface area (Å²) in [4.78, 5) is 29.4. The molecule has 1 aromatic carbocycles. The molecule has 6 nitrogen and oxygen atoms in total. The first-order valence-corrected chi connectivity index (χ1v) is 7.78. The number of rotatable bonds is 3. The molecule has 1 aromatic heterocycles. The second-order valence-corrected chi connectivity index (χ2v) is 6.15. The average molecular weight is 375 g/mol. The van der Waals surface area contributed by atoms with Gasteiger partial charge in [0.2, 0.25) is 5.95 Å². The summed E-state index contributed by atoms with van der Waals surface area (Å²) in [5.74, 6) is -1.32. The zero-order valence-electron chi connectivity index (χ0n) is 11.8. The van der Waals surface area contributed by atoms with Crippen LogP contribution in [0.2, 0.25) is 15.1 Å². The van der Waals surface area contributed by atoms with Crippen LogP contribution in [0.4, 0.5) is 11.6 Å². The Morgan fingerprint density at radius 3 is 2.43 bits per heavy atom. The molecule has 0 radical (unpaired) electrons. The van der Waals surface area contributed by atoms with Gasteiger partial charge >= 0.3 is 5.97 Å². The Bertz CT molecular complexity index is 824. The molecule has 23 heavy (non-hydrogen) atoms. The highest BCUT2D eigenvalue weighted by atomic mass is 35.5. The summed E-state index contributed by atoms with van der Waals surface area (Å²) in [5, 5.41) is 10.1. The molecule has 1 amide bonds. The minimum absolute atomic E-state index is 0.000409. The zero-order valence-corrected chi connectivity index (χ0v) is 14.1. The summed E-state index contributed by atoms with van der Waals surface area (Å²) in [6.45, 7) is 1.65. The monoisotopic (exact) mass is 373 g/mol. The quantitative estimate of drug-likeness (QED) is 0.887. The van der Waals surface area contributed by atoms with Crippen LogP contribution in [-0.4, -0.2) is 26.5 Å². The molecule has 0 atom stereocenters. The van der Waals surface area contributed by atoms with Crippen LogP contribution < -0.4 is 4.90 Å². The molecule has 2 heterocycles. The van der Waals surface area contributed by atoms with Crippen molar-refractivity contribution in [2.45, 2.75) is 19.9 Å². The number of halogens is 3. The Balaban J connectivity index is 2.23. The van der Waals surface area contributed by atoms with Gasteiger partial charge in [0.1, 0.15) is 6.54 Å². The zero-order chi connectivity index (χ0) is 16.9. The number of nitrogens with zero attached hydrogens (tertiary/aromatic N) is 3. The number of aryl methyl sites for hydroxylation is 1. The van der Waals surface area contributed by atoms with Crippen molar-refractivity contribution in [1.82, 2.24) is 9.55 Å². The van der Waals surface area contributed by atoms with Crippen molar-refractivity contribution >= 4 is 58.3 Å². The highest BCUT2D eigenvalue weighted by Gasteiger charge is 2.37. The third-order valence-corrected chi connectivity index (χ3v) is 4.30. The maximum atomic E-state index is 12.4. The number of carbonyl (C=O) groups is 2. The summed E-state index contributed by atoms with van der Waals surface area (Å²) >= 11 is 18.2. The molecule has 1 N–H and O–H groups in total. The number of imidazole rings is 1. The van der Waals surface area contributed by atoms with E-state index in [1.165, 1.54) is 21.6 Å². The number of hydrogen-bond acceptors (Lipinski definition) is 3. The number of aromatic nitrogens is 2. The molecule has 9 heteroatoms. The number of carboxylic acid groups (broad SMARTS) is 1. The lowest BCUT2D eigenvalue weighted by atomic mass is 10.2. The average Bonchev–Trinajstić information content (AvgIpc) is 2.93. The molecule has 0 unspecified atom stereocenters. The largest absolute Gasteiger partial charge is 0.477 e. The van der Waals surface area contributed by atoms with E-state index in [1.807, 2.05) is 0 Å². The number of carboxylic acids is 1. The number of hydrogen-bond donors (Lipinski definition) is 1. The van der Waals surface area contributed by atoms with Crippen molar-refractivity contribution in [2.24, 2.45) is 0 Å². The standard InChI is InChI=1S/C14H10Cl3N3O3/c1-2-9-12(13(22)23)19-5-10(21)20(14(19)18-9)11-7(16)3-6(15)4-8(11)17/h3-4H,2,5H2,1H3,(H,22,23). The Morgan fingerprint density at radius 1 is 1.30 bits per heavy atom. The van der Waals surface area contributed by atoms with E-state index in [2.05, 4.69) is 4.98 Å². The lowest BCUT2D eigenvalue weighted by molar-refractivity contribution is -0.117. The molecule has 1 aliphatic heterocycles. The van der Waals surface area contributed by atoms with Crippen molar-refractivity contribution in [3.8, 4) is 0 Å². The predicted molar refractivity (Wildman–Crippen MR) is 87.2 cm³/mol. The van der Waals surface area contributed by atoms with Crippen LogP contribution in [0.3, 0.4) is 0 Å². The molecule has 0 aliphatic carbocycles. The van der Waals surface area contributed by atoms with Crippen LogP contribution in [0.25, 0.3) is 0 Å². The second-order valence-electron chi connectivity index (χ2n) is 4.90. The molecule has 2 aromatic rings. The Hall–Kier alpha value is -1.76. The highest BCUT2D eigenvalue weighted by Crippen LogP contribution is 2.42. The summed E-state index contributed by atoms with van der Waals surface area (Å²) < 4.78 is 1.35. The Labute approximate surface area is 146 Å². The molecule has 0 spiro atoms. The van der Waals surface area contributed by atoms with E-state index < -0.39 is 5.97 Å². The number of anilines is 2. The van der Waals surface area contributed by atoms with Gasteiger partial charge in [-0.3, -0.25) is 9.36 Å². The van der Waals surface area contributed by atoms with Gasteiger partial charge in [0.15, 0.2) is 5.69 Å². The maximum absolute atomic E-state index is 12.4. The number of aromatic carboxylic acids is 1. The lowest BCUT2D eigenvalue weighted by Gasteiger charge is -2.17. The fourth-order valence-corrected chi connectivity index (χ4v) is 3.57. The molecule has 0 saturated carbocycles. The predicted octanol–water partition coefficient (Wildman–Crippen LogP) is 3.78. The van der Waals surface area contributed by atoms with Gasteiger partial charge in [0, 0.05) is 5.02 Å². The minimum atomic E-state index is -1.14.